The highest BCUT2D eigenvalue weighted by Crippen LogP contribution is 2.11. The van der Waals surface area contributed by atoms with Crippen LogP contribution in [0.15, 0.2) is 24.3 Å². The van der Waals surface area contributed by atoms with Gasteiger partial charge in [0.25, 0.3) is 0 Å². The van der Waals surface area contributed by atoms with Gasteiger partial charge in [-0.05, 0) is 11.1 Å². The van der Waals surface area contributed by atoms with Crippen LogP contribution in [0.4, 0.5) is 0 Å². The van der Waals surface area contributed by atoms with Gasteiger partial charge in [-0.15, -0.1) is 0 Å². The molecule has 0 aromatic heterocycles. The van der Waals surface area contributed by atoms with Gasteiger partial charge in [-0.1, -0.05) is 24.3 Å². The Morgan fingerprint density at radius 3 is 2.42 bits per heavy atom. The summed E-state index contributed by atoms with van der Waals surface area (Å²) in [6.07, 6.45) is 0.0801. The van der Waals surface area contributed by atoms with Gasteiger partial charge in [0.1, 0.15) is 0 Å². The Kier molecular flexibility index (Phi) is 3.17. The highest BCUT2D eigenvalue weighted by atomic mass is 32.1. The second kappa shape index (κ2) is 4.16. The zero-order valence-electron chi connectivity index (χ0n) is 6.53. The first kappa shape index (κ1) is 9.13. The lowest BCUT2D eigenvalue weighted by atomic mass is 10.1. The van der Waals surface area contributed by atoms with Crippen molar-refractivity contribution < 1.29 is 9.90 Å². The van der Waals surface area contributed by atoms with Crippen LogP contribution in [-0.4, -0.2) is 11.1 Å². The number of aliphatic carboxylic acids is 1. The molecule has 0 aliphatic heterocycles. The zero-order valence-corrected chi connectivity index (χ0v) is 7.42. The van der Waals surface area contributed by atoms with E-state index in [-0.39, 0.29) is 6.42 Å². The third-order valence-electron chi connectivity index (χ3n) is 1.63. The van der Waals surface area contributed by atoms with Crippen LogP contribution in [0, 0.1) is 0 Å². The van der Waals surface area contributed by atoms with Crippen molar-refractivity contribution >= 4 is 18.6 Å². The lowest BCUT2D eigenvalue weighted by Gasteiger charge is -2.02. The fraction of sp³-hybridized carbons (Fsp3) is 0.222. The number of benzene rings is 1. The van der Waals surface area contributed by atoms with Crippen molar-refractivity contribution in [3.8, 4) is 0 Å². The number of carboxylic acids is 1. The van der Waals surface area contributed by atoms with Gasteiger partial charge in [-0.2, -0.15) is 12.6 Å². The molecule has 0 heterocycles. The molecular weight excluding hydrogens is 172 g/mol. The number of hydrogen-bond donors (Lipinski definition) is 2. The maximum atomic E-state index is 10.4. The topological polar surface area (TPSA) is 37.3 Å². The van der Waals surface area contributed by atoms with Crippen LogP contribution in [-0.2, 0) is 17.0 Å². The molecule has 0 saturated heterocycles. The fourth-order valence-corrected chi connectivity index (χ4v) is 1.36. The van der Waals surface area contributed by atoms with Crippen LogP contribution in [0.1, 0.15) is 11.1 Å². The summed E-state index contributed by atoms with van der Waals surface area (Å²) in [7, 11) is 0. The number of thiol groups is 1. The first-order valence-electron chi connectivity index (χ1n) is 3.63. The second-order valence-electron chi connectivity index (χ2n) is 2.50. The van der Waals surface area contributed by atoms with Crippen molar-refractivity contribution in [2.45, 2.75) is 12.2 Å². The van der Waals surface area contributed by atoms with E-state index < -0.39 is 5.97 Å². The number of hydrogen-bond acceptors (Lipinski definition) is 2. The van der Waals surface area contributed by atoms with Crippen LogP contribution in [0.25, 0.3) is 0 Å². The minimum Gasteiger partial charge on any atom is -0.481 e. The predicted octanol–water partition coefficient (Wildman–Crippen LogP) is 1.74. The molecule has 64 valence electrons. The maximum absolute atomic E-state index is 10.4. The quantitative estimate of drug-likeness (QED) is 0.699. The van der Waals surface area contributed by atoms with E-state index in [1.54, 1.807) is 0 Å². The van der Waals surface area contributed by atoms with Gasteiger partial charge in [0, 0.05) is 5.75 Å². The smallest absolute Gasteiger partial charge is 0.307 e. The number of carboxylic acid groups (broad SMARTS) is 1. The normalized spacial score (nSPS) is 9.75. The van der Waals surface area contributed by atoms with Gasteiger partial charge < -0.3 is 5.11 Å². The van der Waals surface area contributed by atoms with Crippen molar-refractivity contribution in [2.75, 3.05) is 0 Å². The van der Waals surface area contributed by atoms with Crippen LogP contribution < -0.4 is 0 Å². The summed E-state index contributed by atoms with van der Waals surface area (Å²) in [5.74, 6) is -0.215. The van der Waals surface area contributed by atoms with Crippen LogP contribution >= 0.6 is 12.6 Å². The fourth-order valence-electron chi connectivity index (χ4n) is 1.05. The molecule has 0 saturated carbocycles. The molecule has 0 fully saturated rings. The molecule has 1 N–H and O–H groups in total. The summed E-state index contributed by atoms with van der Waals surface area (Å²) in [5, 5.41) is 8.56. The minimum absolute atomic E-state index is 0.0801. The first-order valence-corrected chi connectivity index (χ1v) is 4.26. The van der Waals surface area contributed by atoms with Crippen molar-refractivity contribution in [1.82, 2.24) is 0 Å². The first-order chi connectivity index (χ1) is 5.74. The van der Waals surface area contributed by atoms with Gasteiger partial charge in [-0.25, -0.2) is 0 Å². The Labute approximate surface area is 76.6 Å². The monoisotopic (exact) mass is 182 g/mol. The molecule has 1 aromatic rings. The van der Waals surface area contributed by atoms with E-state index in [9.17, 15) is 4.79 Å². The molecule has 12 heavy (non-hydrogen) atoms. The second-order valence-corrected chi connectivity index (χ2v) is 2.81. The Bertz CT molecular complexity index is 284. The van der Waals surface area contributed by atoms with Crippen molar-refractivity contribution in [2.24, 2.45) is 0 Å². The number of carbonyl (C=O) groups is 1. The van der Waals surface area contributed by atoms with E-state index >= 15 is 0 Å². The Morgan fingerprint density at radius 2 is 1.92 bits per heavy atom. The van der Waals surface area contributed by atoms with Crippen LogP contribution in [0.2, 0.25) is 0 Å². The van der Waals surface area contributed by atoms with E-state index in [4.69, 9.17) is 5.11 Å². The molecule has 2 nitrogen and oxygen atoms in total. The van der Waals surface area contributed by atoms with Gasteiger partial charge in [0.05, 0.1) is 6.42 Å². The van der Waals surface area contributed by atoms with E-state index in [1.165, 1.54) is 0 Å². The van der Waals surface area contributed by atoms with Crippen molar-refractivity contribution in [3.63, 3.8) is 0 Å². The highest BCUT2D eigenvalue weighted by molar-refractivity contribution is 7.79. The summed E-state index contributed by atoms with van der Waals surface area (Å²) in [6, 6.07) is 7.44. The average Bonchev–Trinajstić information content (AvgIpc) is 2.04. The third kappa shape index (κ3) is 2.27. The molecule has 0 spiro atoms. The lowest BCUT2D eigenvalue weighted by molar-refractivity contribution is -0.136. The molecule has 0 amide bonds. The summed E-state index contributed by atoms with van der Waals surface area (Å²) < 4.78 is 0. The summed E-state index contributed by atoms with van der Waals surface area (Å²) >= 11 is 4.11. The molecule has 1 rings (SSSR count). The maximum Gasteiger partial charge on any atom is 0.307 e. The van der Waals surface area contributed by atoms with E-state index in [2.05, 4.69) is 12.6 Å². The van der Waals surface area contributed by atoms with Gasteiger partial charge >= 0.3 is 5.97 Å². The summed E-state index contributed by atoms with van der Waals surface area (Å²) in [4.78, 5) is 10.4. The standard InChI is InChI=1S/C9H10O2S/c10-9(11)5-7-3-1-2-4-8(7)6-12/h1-4,12H,5-6H2,(H,10,11). The molecular formula is C9H10O2S. The third-order valence-corrected chi connectivity index (χ3v) is 1.97. The molecule has 0 atom stereocenters. The SMILES string of the molecule is O=C(O)Cc1ccccc1CS. The van der Waals surface area contributed by atoms with Crippen molar-refractivity contribution in [3.05, 3.63) is 35.4 Å². The molecule has 0 radical (unpaired) electrons. The van der Waals surface area contributed by atoms with E-state index in [1.807, 2.05) is 24.3 Å². The highest BCUT2D eigenvalue weighted by Gasteiger charge is 2.03. The Morgan fingerprint density at radius 1 is 1.33 bits per heavy atom. The molecule has 3 heteroatoms. The molecule has 0 aliphatic carbocycles. The number of rotatable bonds is 3. The minimum atomic E-state index is -0.802. The Hall–Kier alpha value is -0.960. The lowest BCUT2D eigenvalue weighted by Crippen LogP contribution is -2.02. The van der Waals surface area contributed by atoms with Crippen LogP contribution in [0.5, 0.6) is 0 Å². The van der Waals surface area contributed by atoms with Crippen molar-refractivity contribution in [1.29, 1.82) is 0 Å². The molecule has 0 bridgehead atoms. The van der Waals surface area contributed by atoms with Gasteiger partial charge in [0.2, 0.25) is 0 Å². The van der Waals surface area contributed by atoms with E-state index in [0.29, 0.717) is 5.75 Å². The molecule has 0 aliphatic rings. The zero-order chi connectivity index (χ0) is 8.97. The largest absolute Gasteiger partial charge is 0.481 e. The van der Waals surface area contributed by atoms with Gasteiger partial charge in [-0.3, -0.25) is 4.79 Å². The predicted molar refractivity (Wildman–Crippen MR) is 50.5 cm³/mol. The average molecular weight is 182 g/mol. The van der Waals surface area contributed by atoms with E-state index in [0.717, 1.165) is 11.1 Å². The Balaban J connectivity index is 2.89. The summed E-state index contributed by atoms with van der Waals surface area (Å²) in [5.41, 5.74) is 1.84. The van der Waals surface area contributed by atoms with Gasteiger partial charge in [0.15, 0.2) is 0 Å². The molecule has 1 aromatic carbocycles. The molecule has 0 unspecified atom stereocenters. The summed E-state index contributed by atoms with van der Waals surface area (Å²) in [6.45, 7) is 0. The van der Waals surface area contributed by atoms with Crippen LogP contribution in [0.3, 0.4) is 0 Å².